The van der Waals surface area contributed by atoms with Crippen molar-refractivity contribution < 1.29 is 19.4 Å². The molecule has 168 valence electrons. The number of ether oxygens (including phenoxy) is 1. The van der Waals surface area contributed by atoms with E-state index < -0.39 is 27.2 Å². The van der Waals surface area contributed by atoms with Crippen molar-refractivity contribution in [2.24, 2.45) is 4.99 Å². The molecule has 0 radical (unpaired) electrons. The van der Waals surface area contributed by atoms with E-state index in [-0.39, 0.29) is 11.3 Å². The lowest BCUT2D eigenvalue weighted by Crippen LogP contribution is -2.10. The van der Waals surface area contributed by atoms with Gasteiger partial charge in [0.25, 0.3) is 11.4 Å². The summed E-state index contributed by atoms with van der Waals surface area (Å²) in [5.41, 5.74) is 2.21. The molecular weight excluding hydrogens is 562 g/mol. The van der Waals surface area contributed by atoms with Gasteiger partial charge in [-0.05, 0) is 80.6 Å². The maximum Gasteiger partial charge on any atom is 0.344 e. The molecule has 9 nitrogen and oxygen atoms in total. The molecule has 11 heteroatoms. The van der Waals surface area contributed by atoms with E-state index in [1.54, 1.807) is 18.3 Å². The number of non-ortho nitro benzene ring substituents is 2. The zero-order chi connectivity index (χ0) is 24.3. The molecule has 0 aliphatic rings. The van der Waals surface area contributed by atoms with E-state index >= 15 is 0 Å². The molecule has 0 bridgehead atoms. The summed E-state index contributed by atoms with van der Waals surface area (Å²) in [7, 11) is 0. The van der Waals surface area contributed by atoms with Gasteiger partial charge in [-0.1, -0.05) is 12.1 Å². The van der Waals surface area contributed by atoms with Crippen LogP contribution in [0.2, 0.25) is 0 Å². The first-order valence-corrected chi connectivity index (χ1v) is 10.9. The summed E-state index contributed by atoms with van der Waals surface area (Å²) in [6, 6.07) is 11.8. The van der Waals surface area contributed by atoms with Crippen molar-refractivity contribution in [2.45, 2.75) is 13.8 Å². The minimum Gasteiger partial charge on any atom is -0.420 e. The smallest absolute Gasteiger partial charge is 0.344 e. The van der Waals surface area contributed by atoms with Gasteiger partial charge in [0.1, 0.15) is 0 Å². The van der Waals surface area contributed by atoms with Crippen molar-refractivity contribution in [1.82, 2.24) is 0 Å². The first-order valence-electron chi connectivity index (χ1n) is 9.32. The fourth-order valence-electron chi connectivity index (χ4n) is 2.85. The zero-order valence-electron chi connectivity index (χ0n) is 17.2. The molecule has 0 aromatic heterocycles. The Morgan fingerprint density at radius 1 is 0.970 bits per heavy atom. The summed E-state index contributed by atoms with van der Waals surface area (Å²) in [5, 5.41) is 22.1. The van der Waals surface area contributed by atoms with Crippen molar-refractivity contribution in [2.75, 3.05) is 0 Å². The van der Waals surface area contributed by atoms with Gasteiger partial charge in [0.2, 0.25) is 0 Å². The molecule has 0 amide bonds. The third-order valence-electron chi connectivity index (χ3n) is 4.70. The average Bonchev–Trinajstić information content (AvgIpc) is 2.76. The Balaban J connectivity index is 1.89. The number of benzene rings is 3. The van der Waals surface area contributed by atoms with Gasteiger partial charge < -0.3 is 4.74 Å². The Kier molecular flexibility index (Phi) is 7.34. The van der Waals surface area contributed by atoms with E-state index in [1.807, 2.05) is 32.0 Å². The highest BCUT2D eigenvalue weighted by atomic mass is 79.9. The van der Waals surface area contributed by atoms with Crippen LogP contribution in [0, 0.1) is 34.1 Å². The predicted molar refractivity (Wildman–Crippen MR) is 130 cm³/mol. The van der Waals surface area contributed by atoms with Crippen LogP contribution in [0.4, 0.5) is 17.1 Å². The minimum absolute atomic E-state index is 0.109. The van der Waals surface area contributed by atoms with Crippen LogP contribution in [0.5, 0.6) is 5.75 Å². The van der Waals surface area contributed by atoms with Crippen molar-refractivity contribution in [3.05, 3.63) is 100.0 Å². The maximum atomic E-state index is 12.6. The van der Waals surface area contributed by atoms with Gasteiger partial charge in [-0.3, -0.25) is 25.2 Å². The highest BCUT2D eigenvalue weighted by molar-refractivity contribution is 9.11. The number of nitrogens with zero attached hydrogens (tertiary/aromatic N) is 3. The number of carbonyl (C=O) groups excluding carboxylic acids is 1. The Labute approximate surface area is 204 Å². The molecular formula is C22H15Br2N3O6. The number of aliphatic imine (C=N–C) groups is 1. The van der Waals surface area contributed by atoms with Gasteiger partial charge in [-0.25, -0.2) is 4.79 Å². The van der Waals surface area contributed by atoms with Crippen molar-refractivity contribution in [3.8, 4) is 5.75 Å². The van der Waals surface area contributed by atoms with Gasteiger partial charge in [0, 0.05) is 18.3 Å². The van der Waals surface area contributed by atoms with Crippen LogP contribution in [0.25, 0.3) is 0 Å². The normalized spacial score (nSPS) is 10.9. The first-order chi connectivity index (χ1) is 15.6. The second-order valence-corrected chi connectivity index (χ2v) is 8.64. The number of carbonyl (C=O) groups is 1. The van der Waals surface area contributed by atoms with Gasteiger partial charge >= 0.3 is 5.97 Å². The quantitative estimate of drug-likeness (QED) is 0.107. The molecule has 3 aromatic carbocycles. The topological polar surface area (TPSA) is 125 Å². The van der Waals surface area contributed by atoms with E-state index in [9.17, 15) is 25.0 Å². The number of nitro benzene ring substituents is 2. The zero-order valence-corrected chi connectivity index (χ0v) is 20.4. The number of esters is 1. The van der Waals surface area contributed by atoms with Crippen LogP contribution in [-0.4, -0.2) is 22.0 Å². The summed E-state index contributed by atoms with van der Waals surface area (Å²) in [6.45, 7) is 3.98. The molecule has 0 spiro atoms. The van der Waals surface area contributed by atoms with Gasteiger partial charge in [-0.15, -0.1) is 0 Å². The third kappa shape index (κ3) is 5.68. The average molecular weight is 577 g/mol. The van der Waals surface area contributed by atoms with Crippen LogP contribution in [-0.2, 0) is 0 Å². The fraction of sp³-hybridized carbons (Fsp3) is 0.0909. The monoisotopic (exact) mass is 575 g/mol. The number of nitro groups is 2. The molecule has 0 saturated heterocycles. The number of hydrogen-bond donors (Lipinski definition) is 0. The van der Waals surface area contributed by atoms with Crippen LogP contribution in [0.1, 0.15) is 27.0 Å². The highest BCUT2D eigenvalue weighted by Crippen LogP contribution is 2.36. The second kappa shape index (κ2) is 10.0. The van der Waals surface area contributed by atoms with Gasteiger partial charge in [0.05, 0.1) is 36.1 Å². The largest absolute Gasteiger partial charge is 0.420 e. The van der Waals surface area contributed by atoms with Gasteiger partial charge in [0.15, 0.2) is 5.75 Å². The lowest BCUT2D eigenvalue weighted by molar-refractivity contribution is -0.394. The Morgan fingerprint density at radius 2 is 1.55 bits per heavy atom. The summed E-state index contributed by atoms with van der Waals surface area (Å²) in [4.78, 5) is 37.6. The van der Waals surface area contributed by atoms with Crippen molar-refractivity contribution >= 4 is 61.1 Å². The molecule has 0 saturated carbocycles. The van der Waals surface area contributed by atoms with E-state index in [2.05, 4.69) is 36.9 Å². The molecule has 3 rings (SSSR count). The molecule has 0 unspecified atom stereocenters. The summed E-state index contributed by atoms with van der Waals surface area (Å²) < 4.78 is 6.18. The highest BCUT2D eigenvalue weighted by Gasteiger charge is 2.22. The molecule has 0 atom stereocenters. The van der Waals surface area contributed by atoms with Crippen LogP contribution >= 0.6 is 31.9 Å². The first kappa shape index (κ1) is 24.2. The lowest BCUT2D eigenvalue weighted by Gasteiger charge is -2.10. The van der Waals surface area contributed by atoms with Crippen molar-refractivity contribution in [1.29, 1.82) is 0 Å². The molecule has 0 N–H and O–H groups in total. The van der Waals surface area contributed by atoms with Gasteiger partial charge in [-0.2, -0.15) is 0 Å². The Hall–Kier alpha value is -3.44. The molecule has 0 heterocycles. The van der Waals surface area contributed by atoms with E-state index in [4.69, 9.17) is 4.74 Å². The molecule has 3 aromatic rings. The maximum absolute atomic E-state index is 12.6. The van der Waals surface area contributed by atoms with E-state index in [0.29, 0.717) is 14.5 Å². The molecule has 0 aliphatic carbocycles. The summed E-state index contributed by atoms with van der Waals surface area (Å²) in [5.74, 6) is -0.877. The third-order valence-corrected chi connectivity index (χ3v) is 5.88. The standard InChI is InChI=1S/C22H15Br2N3O6/c1-12-4-3-5-20(13(12)2)25-11-14-6-18(23)21(19(24)7-14)33-22(28)15-8-16(26(29)30)10-17(9-15)27(31)32/h3-11H,1-2H3. The Bertz CT molecular complexity index is 1270. The summed E-state index contributed by atoms with van der Waals surface area (Å²) >= 11 is 6.68. The number of aryl methyl sites for hydroxylation is 1. The Morgan fingerprint density at radius 3 is 2.09 bits per heavy atom. The van der Waals surface area contributed by atoms with Crippen molar-refractivity contribution in [3.63, 3.8) is 0 Å². The van der Waals surface area contributed by atoms with Crippen LogP contribution in [0.3, 0.4) is 0 Å². The molecule has 0 fully saturated rings. The number of rotatable bonds is 6. The van der Waals surface area contributed by atoms with Crippen LogP contribution < -0.4 is 4.74 Å². The van der Waals surface area contributed by atoms with E-state index in [0.717, 1.165) is 35.0 Å². The SMILES string of the molecule is Cc1cccc(N=Cc2cc(Br)c(OC(=O)c3cc([N+](=O)[O-])cc([N+](=O)[O-])c3)c(Br)c2)c1C. The fourth-order valence-corrected chi connectivity index (χ4v) is 4.23. The second-order valence-electron chi connectivity index (χ2n) is 6.93. The predicted octanol–water partition coefficient (Wildman–Crippen LogP) is 6.61. The molecule has 0 aliphatic heterocycles. The van der Waals surface area contributed by atoms with E-state index in [1.165, 1.54) is 0 Å². The number of hydrogen-bond acceptors (Lipinski definition) is 7. The lowest BCUT2D eigenvalue weighted by atomic mass is 10.1. The minimum atomic E-state index is -0.986. The summed E-state index contributed by atoms with van der Waals surface area (Å²) in [6.07, 6.45) is 1.66. The van der Waals surface area contributed by atoms with Crippen LogP contribution in [0.15, 0.2) is 62.5 Å². The number of halogens is 2. The molecule has 33 heavy (non-hydrogen) atoms.